The minimum Gasteiger partial charge on any atom is -0.539 e. The standard InChI is InChI=1S/C2H2O4.Ag/c3-1(4)2(5)6;/h(H,3,4)(H,5,6);/q;+1/p-1. The second-order valence-corrected chi connectivity index (χ2v) is 0.593. The summed E-state index contributed by atoms with van der Waals surface area (Å²) in [7, 11) is 0. The Morgan fingerprint density at radius 1 is 1.43 bits per heavy atom. The quantitative estimate of drug-likeness (QED) is 0.353. The maximum Gasteiger partial charge on any atom is 1.00 e. The van der Waals surface area contributed by atoms with Crippen LogP contribution in [0.25, 0.3) is 0 Å². The predicted molar refractivity (Wildman–Crippen MR) is 12.6 cm³/mol. The van der Waals surface area contributed by atoms with Crippen LogP contribution >= 0.6 is 0 Å². The molecule has 0 aliphatic carbocycles. The summed E-state index contributed by atoms with van der Waals surface area (Å²) in [6.07, 6.45) is 0. The molecule has 0 heterocycles. The molecule has 0 aromatic heterocycles. The number of carboxylic acid groups (broad SMARTS) is 2. The second kappa shape index (κ2) is 3.86. The first-order chi connectivity index (χ1) is 2.64. The van der Waals surface area contributed by atoms with Crippen molar-refractivity contribution in [2.45, 2.75) is 0 Å². The molecule has 4 nitrogen and oxygen atoms in total. The van der Waals surface area contributed by atoms with Crippen molar-refractivity contribution < 1.29 is 42.2 Å². The Morgan fingerprint density at radius 2 is 1.57 bits per heavy atom. The van der Waals surface area contributed by atoms with Crippen molar-refractivity contribution in [3.8, 4) is 0 Å². The average molecular weight is 197 g/mol. The van der Waals surface area contributed by atoms with E-state index in [1.54, 1.807) is 0 Å². The van der Waals surface area contributed by atoms with Crippen molar-refractivity contribution in [2.75, 3.05) is 0 Å². The Morgan fingerprint density at radius 3 is 1.57 bits per heavy atom. The molecule has 0 spiro atoms. The van der Waals surface area contributed by atoms with Crippen LogP contribution in [0.15, 0.2) is 0 Å². The number of rotatable bonds is 0. The second-order valence-electron chi connectivity index (χ2n) is 0.593. The van der Waals surface area contributed by atoms with Crippen molar-refractivity contribution in [1.82, 2.24) is 0 Å². The summed E-state index contributed by atoms with van der Waals surface area (Å²) in [6, 6.07) is 0. The van der Waals surface area contributed by atoms with E-state index in [1.165, 1.54) is 0 Å². The summed E-state index contributed by atoms with van der Waals surface area (Å²) < 4.78 is 0. The van der Waals surface area contributed by atoms with Crippen LogP contribution in [-0.2, 0) is 32.0 Å². The molecule has 0 radical (unpaired) electrons. The molecule has 0 saturated heterocycles. The van der Waals surface area contributed by atoms with Gasteiger partial charge in [0.25, 0.3) is 0 Å². The summed E-state index contributed by atoms with van der Waals surface area (Å²) in [4.78, 5) is 18.0. The van der Waals surface area contributed by atoms with Gasteiger partial charge in [0.15, 0.2) is 5.97 Å². The number of hydrogen-bond donors (Lipinski definition) is 1. The van der Waals surface area contributed by atoms with E-state index >= 15 is 0 Å². The minimum absolute atomic E-state index is 0. The van der Waals surface area contributed by atoms with E-state index in [0.29, 0.717) is 0 Å². The van der Waals surface area contributed by atoms with Gasteiger partial charge in [-0.25, -0.2) is 4.79 Å². The van der Waals surface area contributed by atoms with Gasteiger partial charge in [-0.15, -0.1) is 0 Å². The topological polar surface area (TPSA) is 77.4 Å². The van der Waals surface area contributed by atoms with Gasteiger partial charge < -0.3 is 15.0 Å². The Hall–Kier alpha value is -0.320. The molecule has 0 amide bonds. The van der Waals surface area contributed by atoms with Crippen LogP contribution in [0.1, 0.15) is 0 Å². The van der Waals surface area contributed by atoms with Crippen molar-refractivity contribution in [3.63, 3.8) is 0 Å². The summed E-state index contributed by atoms with van der Waals surface area (Å²) >= 11 is 0. The monoisotopic (exact) mass is 196 g/mol. The van der Waals surface area contributed by atoms with Gasteiger partial charge in [0.05, 0.1) is 0 Å². The van der Waals surface area contributed by atoms with Crippen molar-refractivity contribution in [2.24, 2.45) is 0 Å². The number of aliphatic carboxylic acids is 2. The van der Waals surface area contributed by atoms with Crippen molar-refractivity contribution in [1.29, 1.82) is 0 Å². The van der Waals surface area contributed by atoms with Gasteiger partial charge >= 0.3 is 28.3 Å². The Labute approximate surface area is 54.6 Å². The van der Waals surface area contributed by atoms with E-state index in [0.717, 1.165) is 0 Å². The molecule has 0 rings (SSSR count). The molecule has 7 heavy (non-hydrogen) atoms. The van der Waals surface area contributed by atoms with Crippen LogP contribution in [0.4, 0.5) is 0 Å². The summed E-state index contributed by atoms with van der Waals surface area (Å²) in [5, 5.41) is 16.3. The number of carboxylic acids is 2. The third-order valence-electron chi connectivity index (χ3n) is 0.175. The molecule has 0 atom stereocenters. The van der Waals surface area contributed by atoms with Gasteiger partial charge in [-0.05, 0) is 0 Å². The molecule has 5 heteroatoms. The molecule has 0 aliphatic rings. The average Bonchev–Trinajstić information content (AvgIpc) is 1.36. The van der Waals surface area contributed by atoms with Crippen LogP contribution in [-0.4, -0.2) is 17.0 Å². The molecule has 44 valence electrons. The molecule has 0 bridgehead atoms. The Balaban J connectivity index is 0. The van der Waals surface area contributed by atoms with Crippen LogP contribution in [0, 0.1) is 0 Å². The van der Waals surface area contributed by atoms with E-state index in [4.69, 9.17) is 19.8 Å². The van der Waals surface area contributed by atoms with Crippen LogP contribution in [0.3, 0.4) is 0 Å². The van der Waals surface area contributed by atoms with E-state index < -0.39 is 11.9 Å². The zero-order chi connectivity index (χ0) is 5.15. The van der Waals surface area contributed by atoms with E-state index in [9.17, 15) is 0 Å². The number of carbonyl (C=O) groups excluding carboxylic acids is 1. The zero-order valence-electron chi connectivity index (χ0n) is 2.97. The van der Waals surface area contributed by atoms with Gasteiger partial charge in [0.2, 0.25) is 0 Å². The fraction of sp³-hybridized carbons (Fsp3) is 0. The molecule has 1 N–H and O–H groups in total. The van der Waals surface area contributed by atoms with Crippen LogP contribution in [0.5, 0.6) is 0 Å². The summed E-state index contributed by atoms with van der Waals surface area (Å²) in [5.74, 6) is -4.01. The molecule has 0 unspecified atom stereocenters. The first kappa shape index (κ1) is 9.84. The number of hydrogen-bond acceptors (Lipinski definition) is 3. The molecule has 0 saturated carbocycles. The van der Waals surface area contributed by atoms with Crippen LogP contribution in [0.2, 0.25) is 0 Å². The van der Waals surface area contributed by atoms with Crippen molar-refractivity contribution in [3.05, 3.63) is 0 Å². The molecular weight excluding hydrogens is 196 g/mol. The largest absolute Gasteiger partial charge is 1.00 e. The Kier molecular flexibility index (Phi) is 5.42. The summed E-state index contributed by atoms with van der Waals surface area (Å²) in [5.41, 5.74) is 0. The molecule has 0 aliphatic heterocycles. The first-order valence-electron chi connectivity index (χ1n) is 1.09. The number of carbonyl (C=O) groups is 2. The zero-order valence-corrected chi connectivity index (χ0v) is 4.46. The van der Waals surface area contributed by atoms with Gasteiger partial charge in [-0.3, -0.25) is 0 Å². The SMILES string of the molecule is O=C([O-])C(=O)O.[Ag+]. The normalized spacial score (nSPS) is 6.29. The maximum absolute atomic E-state index is 9.04. The first-order valence-corrected chi connectivity index (χ1v) is 1.09. The Bertz CT molecular complexity index is 75.7. The smallest absolute Gasteiger partial charge is 0.539 e. The third kappa shape index (κ3) is 5.68. The fourth-order valence-corrected chi connectivity index (χ4v) is 0. The molecular formula is C2HAgO4. The van der Waals surface area contributed by atoms with E-state index in [2.05, 4.69) is 0 Å². The van der Waals surface area contributed by atoms with E-state index in [-0.39, 0.29) is 22.4 Å². The van der Waals surface area contributed by atoms with Crippen LogP contribution < -0.4 is 5.11 Å². The van der Waals surface area contributed by atoms with Gasteiger partial charge in [-0.2, -0.15) is 0 Å². The molecule has 0 fully saturated rings. The summed E-state index contributed by atoms with van der Waals surface area (Å²) in [6.45, 7) is 0. The van der Waals surface area contributed by atoms with Gasteiger partial charge in [0.1, 0.15) is 0 Å². The van der Waals surface area contributed by atoms with E-state index in [1.807, 2.05) is 0 Å². The molecule has 0 aromatic carbocycles. The maximum atomic E-state index is 9.04. The third-order valence-corrected chi connectivity index (χ3v) is 0.175. The fourth-order valence-electron chi connectivity index (χ4n) is 0. The minimum atomic E-state index is -2.07. The predicted octanol–water partition coefficient (Wildman–Crippen LogP) is -2.18. The van der Waals surface area contributed by atoms with Gasteiger partial charge in [0, 0.05) is 0 Å². The molecule has 0 aromatic rings. The van der Waals surface area contributed by atoms with Gasteiger partial charge in [-0.1, -0.05) is 0 Å². The van der Waals surface area contributed by atoms with Crippen molar-refractivity contribution >= 4 is 11.9 Å².